The Bertz CT molecular complexity index is 781. The van der Waals surface area contributed by atoms with Gasteiger partial charge in [-0.25, -0.2) is 4.98 Å². The molecule has 3 rings (SSSR count). The summed E-state index contributed by atoms with van der Waals surface area (Å²) in [5.74, 6) is 2.05. The lowest BCUT2D eigenvalue weighted by molar-refractivity contribution is 0.00990. The maximum Gasteiger partial charge on any atom is 0.193 e. The first kappa shape index (κ1) is 21.6. The standard InChI is InChI=1S/C22H35N5O2/c1-4-23-22(26-13-10-19(11-14-26)29-17-7-16-28-3)24-12-15-27-18(2)25-20-8-5-6-9-21(20)27/h5-6,8-9,19H,4,7,10-17H2,1-3H3,(H,23,24). The fraction of sp³-hybridized carbons (Fsp3) is 0.636. The van der Waals surface area contributed by atoms with Gasteiger partial charge in [0.25, 0.3) is 0 Å². The zero-order valence-corrected chi connectivity index (χ0v) is 18.1. The molecular weight excluding hydrogens is 366 g/mol. The molecule has 0 atom stereocenters. The molecule has 1 aliphatic heterocycles. The van der Waals surface area contributed by atoms with Gasteiger partial charge in [0.15, 0.2) is 5.96 Å². The summed E-state index contributed by atoms with van der Waals surface area (Å²) >= 11 is 0. The van der Waals surface area contributed by atoms with Crippen LogP contribution < -0.4 is 5.32 Å². The molecule has 2 heterocycles. The molecule has 0 amide bonds. The van der Waals surface area contributed by atoms with Crippen molar-refractivity contribution in [2.24, 2.45) is 4.99 Å². The number of aliphatic imine (C=N–C) groups is 1. The van der Waals surface area contributed by atoms with Gasteiger partial charge in [-0.1, -0.05) is 12.1 Å². The molecular formula is C22H35N5O2. The molecule has 0 spiro atoms. The lowest BCUT2D eigenvalue weighted by Crippen LogP contribution is -2.47. The van der Waals surface area contributed by atoms with E-state index in [4.69, 9.17) is 14.5 Å². The largest absolute Gasteiger partial charge is 0.385 e. The van der Waals surface area contributed by atoms with Crippen molar-refractivity contribution in [3.63, 3.8) is 0 Å². The maximum absolute atomic E-state index is 5.98. The molecule has 1 aromatic heterocycles. The number of nitrogens with one attached hydrogen (secondary N) is 1. The Labute approximate surface area is 174 Å². The zero-order chi connectivity index (χ0) is 20.5. The van der Waals surface area contributed by atoms with Gasteiger partial charge < -0.3 is 24.3 Å². The average molecular weight is 402 g/mol. The highest BCUT2D eigenvalue weighted by atomic mass is 16.5. The highest BCUT2D eigenvalue weighted by Crippen LogP contribution is 2.16. The topological polar surface area (TPSA) is 63.9 Å². The zero-order valence-electron chi connectivity index (χ0n) is 18.1. The molecule has 160 valence electrons. The molecule has 7 heteroatoms. The first-order chi connectivity index (χ1) is 14.2. The number of nitrogens with zero attached hydrogens (tertiary/aromatic N) is 4. The summed E-state index contributed by atoms with van der Waals surface area (Å²) in [6.45, 7) is 10.1. The monoisotopic (exact) mass is 401 g/mol. The Morgan fingerprint density at radius 3 is 2.79 bits per heavy atom. The van der Waals surface area contributed by atoms with E-state index in [0.717, 1.165) is 82.5 Å². The number of ether oxygens (including phenoxy) is 2. The van der Waals surface area contributed by atoms with Crippen molar-refractivity contribution >= 4 is 17.0 Å². The van der Waals surface area contributed by atoms with Crippen molar-refractivity contribution in [2.75, 3.05) is 46.5 Å². The van der Waals surface area contributed by atoms with Crippen LogP contribution in [0.4, 0.5) is 0 Å². The second-order valence-corrected chi connectivity index (χ2v) is 7.44. The van der Waals surface area contributed by atoms with E-state index in [2.05, 4.69) is 51.8 Å². The number of rotatable bonds is 9. The molecule has 0 radical (unpaired) electrons. The molecule has 29 heavy (non-hydrogen) atoms. The molecule has 0 aliphatic carbocycles. The van der Waals surface area contributed by atoms with Gasteiger partial charge in [0.2, 0.25) is 0 Å². The number of benzene rings is 1. The Morgan fingerprint density at radius 2 is 2.03 bits per heavy atom. The van der Waals surface area contributed by atoms with Crippen LogP contribution in [0.5, 0.6) is 0 Å². The van der Waals surface area contributed by atoms with Gasteiger partial charge >= 0.3 is 0 Å². The van der Waals surface area contributed by atoms with Crippen LogP contribution in [0.3, 0.4) is 0 Å². The van der Waals surface area contributed by atoms with Crippen LogP contribution >= 0.6 is 0 Å². The Morgan fingerprint density at radius 1 is 1.24 bits per heavy atom. The lowest BCUT2D eigenvalue weighted by atomic mass is 10.1. The second-order valence-electron chi connectivity index (χ2n) is 7.44. The normalized spacial score (nSPS) is 16.0. The number of aromatic nitrogens is 2. The van der Waals surface area contributed by atoms with Crippen molar-refractivity contribution in [2.45, 2.75) is 45.8 Å². The van der Waals surface area contributed by atoms with E-state index in [1.165, 1.54) is 5.52 Å². The predicted octanol–water partition coefficient (Wildman–Crippen LogP) is 2.83. The average Bonchev–Trinajstić information content (AvgIpc) is 3.06. The summed E-state index contributed by atoms with van der Waals surface area (Å²) in [4.78, 5) is 11.9. The van der Waals surface area contributed by atoms with Crippen LogP contribution in [0.2, 0.25) is 0 Å². The highest BCUT2D eigenvalue weighted by Gasteiger charge is 2.21. The molecule has 1 saturated heterocycles. The molecule has 0 bridgehead atoms. The molecule has 1 fully saturated rings. The van der Waals surface area contributed by atoms with Crippen LogP contribution in [0, 0.1) is 6.92 Å². The first-order valence-electron chi connectivity index (χ1n) is 10.8. The minimum absolute atomic E-state index is 0.353. The summed E-state index contributed by atoms with van der Waals surface area (Å²) in [5, 5.41) is 3.45. The predicted molar refractivity (Wildman–Crippen MR) is 117 cm³/mol. The molecule has 0 unspecified atom stereocenters. The van der Waals surface area contributed by atoms with Gasteiger partial charge in [0.05, 0.1) is 23.7 Å². The molecule has 2 aromatic rings. The van der Waals surface area contributed by atoms with Crippen molar-refractivity contribution in [3.05, 3.63) is 30.1 Å². The maximum atomic E-state index is 5.98. The number of guanidine groups is 1. The number of methoxy groups -OCH3 is 1. The minimum atomic E-state index is 0.353. The second kappa shape index (κ2) is 11.2. The number of likely N-dealkylation sites (tertiary alicyclic amines) is 1. The van der Waals surface area contributed by atoms with Crippen molar-refractivity contribution in [1.82, 2.24) is 19.8 Å². The van der Waals surface area contributed by atoms with Crippen LogP contribution in [-0.4, -0.2) is 73.0 Å². The minimum Gasteiger partial charge on any atom is -0.385 e. The number of fused-ring (bicyclic) bond motifs is 1. The number of hydrogen-bond acceptors (Lipinski definition) is 4. The Balaban J connectivity index is 1.53. The highest BCUT2D eigenvalue weighted by molar-refractivity contribution is 5.80. The molecule has 1 N–H and O–H groups in total. The van der Waals surface area contributed by atoms with E-state index in [9.17, 15) is 0 Å². The third kappa shape index (κ3) is 5.93. The van der Waals surface area contributed by atoms with Crippen molar-refractivity contribution in [1.29, 1.82) is 0 Å². The number of aryl methyl sites for hydroxylation is 1. The third-order valence-corrected chi connectivity index (χ3v) is 5.35. The fourth-order valence-electron chi connectivity index (χ4n) is 3.85. The smallest absolute Gasteiger partial charge is 0.193 e. The van der Waals surface area contributed by atoms with E-state index in [-0.39, 0.29) is 0 Å². The molecule has 1 aromatic carbocycles. The van der Waals surface area contributed by atoms with Gasteiger partial charge in [0.1, 0.15) is 5.82 Å². The summed E-state index contributed by atoms with van der Waals surface area (Å²) in [5.41, 5.74) is 2.23. The summed E-state index contributed by atoms with van der Waals surface area (Å²) < 4.78 is 13.3. The van der Waals surface area contributed by atoms with Gasteiger partial charge in [-0.3, -0.25) is 4.99 Å². The van der Waals surface area contributed by atoms with Gasteiger partial charge in [-0.05, 0) is 45.2 Å². The van der Waals surface area contributed by atoms with Crippen LogP contribution in [-0.2, 0) is 16.0 Å². The van der Waals surface area contributed by atoms with E-state index >= 15 is 0 Å². The van der Waals surface area contributed by atoms with E-state index < -0.39 is 0 Å². The van der Waals surface area contributed by atoms with E-state index in [0.29, 0.717) is 6.10 Å². The molecule has 7 nitrogen and oxygen atoms in total. The van der Waals surface area contributed by atoms with Crippen LogP contribution in [0.25, 0.3) is 11.0 Å². The summed E-state index contributed by atoms with van der Waals surface area (Å²) in [6.07, 6.45) is 3.40. The first-order valence-corrected chi connectivity index (χ1v) is 10.8. The number of piperidine rings is 1. The Hall–Kier alpha value is -2.12. The van der Waals surface area contributed by atoms with Gasteiger partial charge in [-0.15, -0.1) is 0 Å². The van der Waals surface area contributed by atoms with E-state index in [1.807, 2.05) is 6.07 Å². The number of hydrogen-bond donors (Lipinski definition) is 1. The van der Waals surface area contributed by atoms with Crippen LogP contribution in [0.1, 0.15) is 32.0 Å². The van der Waals surface area contributed by atoms with Crippen molar-refractivity contribution < 1.29 is 9.47 Å². The molecule has 1 aliphatic rings. The number of para-hydroxylation sites is 2. The SMILES string of the molecule is CCNC(=NCCn1c(C)nc2ccccc21)N1CCC(OCCCOC)CC1. The lowest BCUT2D eigenvalue weighted by Gasteiger charge is -2.34. The summed E-state index contributed by atoms with van der Waals surface area (Å²) in [6, 6.07) is 8.29. The fourth-order valence-corrected chi connectivity index (χ4v) is 3.85. The van der Waals surface area contributed by atoms with Crippen LogP contribution in [0.15, 0.2) is 29.3 Å². The Kier molecular flexibility index (Phi) is 8.31. The van der Waals surface area contributed by atoms with E-state index in [1.54, 1.807) is 7.11 Å². The third-order valence-electron chi connectivity index (χ3n) is 5.35. The molecule has 0 saturated carbocycles. The van der Waals surface area contributed by atoms with Crippen molar-refractivity contribution in [3.8, 4) is 0 Å². The summed E-state index contributed by atoms with van der Waals surface area (Å²) in [7, 11) is 1.73. The quantitative estimate of drug-likeness (QED) is 0.398. The van der Waals surface area contributed by atoms with Gasteiger partial charge in [0, 0.05) is 46.5 Å². The van der Waals surface area contributed by atoms with Gasteiger partial charge in [-0.2, -0.15) is 0 Å². The number of imidazole rings is 1.